The summed E-state index contributed by atoms with van der Waals surface area (Å²) in [5.41, 5.74) is 7.73. The van der Waals surface area contributed by atoms with Gasteiger partial charge in [-0.15, -0.1) is 0 Å². The maximum Gasteiger partial charge on any atom is 0.131 e. The molecule has 0 aromatic heterocycles. The molecule has 2 aromatic carbocycles. The monoisotopic (exact) mass is 616 g/mol. The fraction of sp³-hybridized carbons (Fsp3) is 0.512. The normalized spacial score (nSPS) is 15.4. The minimum atomic E-state index is -0.295. The Labute approximate surface area is 274 Å². The quantitative estimate of drug-likeness (QED) is 0.154. The third-order valence-electron chi connectivity index (χ3n) is 8.14. The molecule has 45 heavy (non-hydrogen) atoms. The fourth-order valence-electron chi connectivity index (χ4n) is 5.44. The van der Waals surface area contributed by atoms with E-state index in [9.17, 15) is 10.2 Å². The Morgan fingerprint density at radius 1 is 0.822 bits per heavy atom. The van der Waals surface area contributed by atoms with Crippen LogP contribution in [0.1, 0.15) is 129 Å². The van der Waals surface area contributed by atoms with Crippen LogP contribution in [-0.2, 0) is 19.3 Å². The molecule has 4 nitrogen and oxygen atoms in total. The molecular formula is C41H60O4. The zero-order chi connectivity index (χ0) is 33.4. The maximum atomic E-state index is 10.4. The summed E-state index contributed by atoms with van der Waals surface area (Å²) in [6, 6.07) is 7.90. The summed E-state index contributed by atoms with van der Waals surface area (Å²) in [7, 11) is 1.68. The highest BCUT2D eigenvalue weighted by molar-refractivity contribution is 5.67. The van der Waals surface area contributed by atoms with E-state index in [1.807, 2.05) is 18.2 Å². The van der Waals surface area contributed by atoms with Gasteiger partial charge in [-0.3, -0.25) is 0 Å². The van der Waals surface area contributed by atoms with E-state index in [1.54, 1.807) is 7.11 Å². The second-order valence-corrected chi connectivity index (χ2v) is 13.2. The number of hydrogen-bond acceptors (Lipinski definition) is 4. The number of methoxy groups -OCH3 is 1. The van der Waals surface area contributed by atoms with Gasteiger partial charge in [-0.1, -0.05) is 68.1 Å². The van der Waals surface area contributed by atoms with Crippen LogP contribution in [0.25, 0.3) is 6.08 Å². The number of hydrogen-bond donors (Lipinski definition) is 2. The van der Waals surface area contributed by atoms with Crippen molar-refractivity contribution in [1.29, 1.82) is 0 Å². The summed E-state index contributed by atoms with van der Waals surface area (Å²) in [4.78, 5) is 0. The van der Waals surface area contributed by atoms with Gasteiger partial charge >= 0.3 is 0 Å². The number of phenolic OH excluding ortho intramolecular Hbond substituents is 2. The van der Waals surface area contributed by atoms with Crippen LogP contribution >= 0.6 is 0 Å². The van der Waals surface area contributed by atoms with Gasteiger partial charge in [-0.25, -0.2) is 0 Å². The van der Waals surface area contributed by atoms with Crippen LogP contribution in [0.15, 0.2) is 65.3 Å². The number of benzene rings is 2. The molecule has 248 valence electrons. The van der Waals surface area contributed by atoms with Crippen molar-refractivity contribution in [1.82, 2.24) is 0 Å². The molecule has 4 heteroatoms. The van der Waals surface area contributed by atoms with Crippen molar-refractivity contribution in [3.63, 3.8) is 0 Å². The summed E-state index contributed by atoms with van der Waals surface area (Å²) in [5, 5.41) is 20.5. The number of ether oxygens (including phenoxy) is 2. The van der Waals surface area contributed by atoms with E-state index in [0.29, 0.717) is 17.9 Å². The summed E-state index contributed by atoms with van der Waals surface area (Å²) in [6.07, 6.45) is 22.1. The predicted molar refractivity (Wildman–Crippen MR) is 193 cm³/mol. The molecule has 0 bridgehead atoms. The van der Waals surface area contributed by atoms with Crippen LogP contribution in [0.5, 0.6) is 23.0 Å². The molecule has 1 aliphatic rings. The zero-order valence-corrected chi connectivity index (χ0v) is 29.7. The highest BCUT2D eigenvalue weighted by atomic mass is 16.5. The predicted octanol–water partition coefficient (Wildman–Crippen LogP) is 11.6. The highest BCUT2D eigenvalue weighted by Gasteiger charge is 2.28. The smallest absolute Gasteiger partial charge is 0.131 e. The van der Waals surface area contributed by atoms with Crippen molar-refractivity contribution in [2.45, 2.75) is 132 Å². The van der Waals surface area contributed by atoms with Crippen LogP contribution in [0.2, 0.25) is 0 Å². The largest absolute Gasteiger partial charge is 0.508 e. The molecule has 2 aromatic rings. The Morgan fingerprint density at radius 3 is 2.13 bits per heavy atom. The molecule has 0 radical (unpaired) electrons. The Balaban J connectivity index is 0.000000316. The van der Waals surface area contributed by atoms with Crippen molar-refractivity contribution >= 4 is 6.08 Å². The summed E-state index contributed by atoms with van der Waals surface area (Å²) in [5.74, 6) is 2.28. The molecule has 1 aliphatic heterocycles. The molecule has 2 N–H and O–H groups in total. The molecule has 0 saturated heterocycles. The number of fused-ring (bicyclic) bond motifs is 1. The number of aryl methyl sites for hydroxylation is 2. The van der Waals surface area contributed by atoms with E-state index in [2.05, 4.69) is 91.8 Å². The first-order chi connectivity index (χ1) is 21.4. The van der Waals surface area contributed by atoms with Gasteiger partial charge in [0.2, 0.25) is 0 Å². The second-order valence-electron chi connectivity index (χ2n) is 13.2. The molecule has 0 fully saturated rings. The van der Waals surface area contributed by atoms with Crippen molar-refractivity contribution in [3.05, 3.63) is 87.5 Å². The van der Waals surface area contributed by atoms with E-state index in [1.165, 1.54) is 29.6 Å². The molecule has 0 amide bonds. The third-order valence-corrected chi connectivity index (χ3v) is 8.14. The van der Waals surface area contributed by atoms with Gasteiger partial charge in [0.15, 0.2) is 0 Å². The van der Waals surface area contributed by atoms with Gasteiger partial charge in [0.25, 0.3) is 0 Å². The lowest BCUT2D eigenvalue weighted by Crippen LogP contribution is -2.31. The Kier molecular flexibility index (Phi) is 16.1. The van der Waals surface area contributed by atoms with Crippen LogP contribution in [0.4, 0.5) is 0 Å². The van der Waals surface area contributed by atoms with Gasteiger partial charge in [-0.05, 0) is 140 Å². The lowest BCUT2D eigenvalue weighted by Gasteiger charge is -2.32. The van der Waals surface area contributed by atoms with Gasteiger partial charge in [0.05, 0.1) is 12.7 Å². The molecule has 0 saturated carbocycles. The van der Waals surface area contributed by atoms with E-state index < -0.39 is 0 Å². The van der Waals surface area contributed by atoms with Gasteiger partial charge in [0.1, 0.15) is 28.6 Å². The summed E-state index contributed by atoms with van der Waals surface area (Å²) >= 11 is 0. The van der Waals surface area contributed by atoms with E-state index in [-0.39, 0.29) is 5.60 Å². The first-order valence-corrected chi connectivity index (χ1v) is 17.0. The molecule has 0 aliphatic carbocycles. The number of allylic oxidation sites excluding steroid dienone is 6. The molecule has 3 rings (SSSR count). The second kappa shape index (κ2) is 19.2. The molecule has 1 heterocycles. The van der Waals surface area contributed by atoms with Crippen LogP contribution in [-0.4, -0.2) is 22.9 Å². The Bertz CT molecular complexity index is 1340. The first-order valence-electron chi connectivity index (χ1n) is 17.0. The Hall–Kier alpha value is -3.40. The molecule has 0 spiro atoms. The highest BCUT2D eigenvalue weighted by Crippen LogP contribution is 2.39. The molecular weight excluding hydrogens is 556 g/mol. The molecule has 1 unspecified atom stereocenters. The van der Waals surface area contributed by atoms with Crippen LogP contribution in [0, 0.1) is 0 Å². The number of aromatic hydroxyl groups is 2. The van der Waals surface area contributed by atoms with Gasteiger partial charge < -0.3 is 19.7 Å². The minimum absolute atomic E-state index is 0.295. The van der Waals surface area contributed by atoms with Crippen molar-refractivity contribution in [3.8, 4) is 23.0 Å². The fourth-order valence-corrected chi connectivity index (χ4v) is 5.44. The van der Waals surface area contributed by atoms with Crippen LogP contribution < -0.4 is 9.47 Å². The lowest BCUT2D eigenvalue weighted by atomic mass is 9.93. The molecule has 1 atom stereocenters. The summed E-state index contributed by atoms with van der Waals surface area (Å²) < 4.78 is 11.7. The zero-order valence-electron chi connectivity index (χ0n) is 29.7. The third kappa shape index (κ3) is 13.2. The first kappa shape index (κ1) is 37.8. The average molecular weight is 617 g/mol. The minimum Gasteiger partial charge on any atom is -0.508 e. The van der Waals surface area contributed by atoms with Crippen molar-refractivity contribution in [2.24, 2.45) is 0 Å². The van der Waals surface area contributed by atoms with Crippen LogP contribution in [0.3, 0.4) is 0 Å². The average Bonchev–Trinajstić information content (AvgIpc) is 2.96. The van der Waals surface area contributed by atoms with Crippen molar-refractivity contribution < 1.29 is 19.7 Å². The Morgan fingerprint density at radius 2 is 1.49 bits per heavy atom. The van der Waals surface area contributed by atoms with E-state index in [0.717, 1.165) is 85.1 Å². The lowest BCUT2D eigenvalue weighted by molar-refractivity contribution is 0.128. The van der Waals surface area contributed by atoms with Crippen molar-refractivity contribution in [2.75, 3.05) is 7.11 Å². The standard InChI is InChI=1S/C22H34O2.C19H26O2/c1-6-7-8-12-19-15-21(23)20(22(16-19)24-5)14-13-18(4)11-9-10-17(2)3;1-5-7-15-12-17(20)16-9-11-19(4,21-18(16)13-15)10-6-8-14(2)3/h10,13,15-16,23H,6-9,11-12,14H2,1-5H3;8-9,11-13,20H,5-7,10H2,1-4H3/b18-13+;. The number of unbranched alkanes of at least 4 members (excludes halogenated alkanes) is 2. The SMILES string of the molecule is CCCCCc1cc(O)c(C/C=C(\C)CCC=C(C)C)c(OC)c1.CCCc1cc(O)c2c(c1)OC(C)(CCC=C(C)C)C=C2. The summed E-state index contributed by atoms with van der Waals surface area (Å²) in [6.45, 7) is 17.1. The number of phenols is 2. The van der Waals surface area contributed by atoms with E-state index >= 15 is 0 Å². The topological polar surface area (TPSA) is 58.9 Å². The van der Waals surface area contributed by atoms with E-state index in [4.69, 9.17) is 9.47 Å². The number of rotatable bonds is 15. The maximum absolute atomic E-state index is 10.4. The van der Waals surface area contributed by atoms with Gasteiger partial charge in [-0.2, -0.15) is 0 Å². The van der Waals surface area contributed by atoms with Gasteiger partial charge in [0, 0.05) is 5.56 Å².